The van der Waals surface area contributed by atoms with Gasteiger partial charge in [-0.1, -0.05) is 26.0 Å². The zero-order valence-electron chi connectivity index (χ0n) is 21.0. The van der Waals surface area contributed by atoms with E-state index in [0.29, 0.717) is 42.9 Å². The molecule has 1 unspecified atom stereocenters. The number of halogens is 2. The van der Waals surface area contributed by atoms with Crippen LogP contribution in [0.5, 0.6) is 11.6 Å². The van der Waals surface area contributed by atoms with Crippen molar-refractivity contribution < 1.29 is 23.4 Å². The van der Waals surface area contributed by atoms with Gasteiger partial charge in [0.25, 0.3) is 0 Å². The lowest BCUT2D eigenvalue weighted by Crippen LogP contribution is -2.39. The molecule has 0 spiro atoms. The van der Waals surface area contributed by atoms with Crippen LogP contribution < -0.4 is 4.74 Å². The first-order valence-corrected chi connectivity index (χ1v) is 11.9. The number of hydrogen-bond acceptors (Lipinski definition) is 5. The zero-order chi connectivity index (χ0) is 25.5. The normalized spacial score (nSPS) is 12.7. The van der Waals surface area contributed by atoms with E-state index in [1.165, 1.54) is 18.2 Å². The van der Waals surface area contributed by atoms with Crippen LogP contribution in [-0.2, 0) is 11.3 Å². The molecule has 35 heavy (non-hydrogen) atoms. The van der Waals surface area contributed by atoms with Crippen molar-refractivity contribution in [3.8, 4) is 17.3 Å². The average molecular weight is 488 g/mol. The molecular formula is C27H35F2N3O3. The maximum absolute atomic E-state index is 14.5. The summed E-state index contributed by atoms with van der Waals surface area (Å²) in [5, 5.41) is 15.2. The van der Waals surface area contributed by atoms with Gasteiger partial charge in [-0.15, -0.1) is 0 Å². The van der Waals surface area contributed by atoms with Gasteiger partial charge in [-0.25, -0.2) is 13.5 Å². The van der Waals surface area contributed by atoms with Gasteiger partial charge in [0.2, 0.25) is 5.88 Å². The van der Waals surface area contributed by atoms with E-state index in [4.69, 9.17) is 9.47 Å². The first kappa shape index (κ1) is 26.8. The van der Waals surface area contributed by atoms with E-state index in [1.54, 1.807) is 35.0 Å². The summed E-state index contributed by atoms with van der Waals surface area (Å²) in [6.07, 6.45) is -0.667. The lowest BCUT2D eigenvalue weighted by Gasteiger charge is -2.29. The highest BCUT2D eigenvalue weighted by Gasteiger charge is 2.24. The maximum atomic E-state index is 14.5. The average Bonchev–Trinajstić information content (AvgIpc) is 3.10. The molecular weight excluding hydrogens is 452 g/mol. The van der Waals surface area contributed by atoms with E-state index in [2.05, 4.69) is 23.8 Å². The van der Waals surface area contributed by atoms with Crippen molar-refractivity contribution in [1.82, 2.24) is 14.7 Å². The summed E-state index contributed by atoms with van der Waals surface area (Å²) in [6.45, 7) is 11.7. The van der Waals surface area contributed by atoms with Gasteiger partial charge < -0.3 is 14.6 Å². The van der Waals surface area contributed by atoms with Crippen LogP contribution in [0.2, 0.25) is 0 Å². The molecule has 3 aromatic rings. The zero-order valence-corrected chi connectivity index (χ0v) is 21.0. The third-order valence-electron chi connectivity index (χ3n) is 5.55. The van der Waals surface area contributed by atoms with Crippen molar-refractivity contribution in [2.75, 3.05) is 19.8 Å². The smallest absolute Gasteiger partial charge is 0.227 e. The van der Waals surface area contributed by atoms with E-state index >= 15 is 0 Å². The molecule has 3 rings (SSSR count). The van der Waals surface area contributed by atoms with E-state index in [1.807, 2.05) is 20.8 Å². The number of aliphatic hydroxyl groups excluding tert-OH is 1. The Hall–Kier alpha value is -2.81. The summed E-state index contributed by atoms with van der Waals surface area (Å²) >= 11 is 0. The Balaban J connectivity index is 1.93. The van der Waals surface area contributed by atoms with Gasteiger partial charge in [0.1, 0.15) is 5.82 Å². The highest BCUT2D eigenvalue weighted by Crippen LogP contribution is 2.33. The molecule has 1 heterocycles. The van der Waals surface area contributed by atoms with Crippen LogP contribution in [0, 0.1) is 24.5 Å². The second-order valence-electron chi connectivity index (χ2n) is 9.40. The van der Waals surface area contributed by atoms with Gasteiger partial charge in [0.05, 0.1) is 29.7 Å². The SMILES string of the molecule is Cc1nn(-c2ccc(F)cc2)c(Oc2ccccc2F)c1CN(CC(O)COCC(C)C)C(C)C. The lowest BCUT2D eigenvalue weighted by molar-refractivity contribution is 0.00160. The monoisotopic (exact) mass is 487 g/mol. The molecule has 2 aromatic carbocycles. The summed E-state index contributed by atoms with van der Waals surface area (Å²) in [6, 6.07) is 12.1. The summed E-state index contributed by atoms with van der Waals surface area (Å²) in [4.78, 5) is 2.09. The van der Waals surface area contributed by atoms with E-state index in [0.717, 1.165) is 5.56 Å². The molecule has 6 nitrogen and oxygen atoms in total. The van der Waals surface area contributed by atoms with Crippen LogP contribution in [0.1, 0.15) is 39.0 Å². The number of rotatable bonds is 12. The fourth-order valence-electron chi connectivity index (χ4n) is 3.64. The van der Waals surface area contributed by atoms with Crippen LogP contribution in [0.3, 0.4) is 0 Å². The van der Waals surface area contributed by atoms with Crippen molar-refractivity contribution in [2.24, 2.45) is 5.92 Å². The Morgan fingerprint density at radius 3 is 2.31 bits per heavy atom. The molecule has 1 aromatic heterocycles. The van der Waals surface area contributed by atoms with Crippen molar-refractivity contribution in [1.29, 1.82) is 0 Å². The second kappa shape index (κ2) is 12.2. The van der Waals surface area contributed by atoms with Crippen LogP contribution >= 0.6 is 0 Å². The Kier molecular flexibility index (Phi) is 9.37. The number of aromatic nitrogens is 2. The Morgan fingerprint density at radius 1 is 1.00 bits per heavy atom. The minimum Gasteiger partial charge on any atom is -0.435 e. The third kappa shape index (κ3) is 7.34. The third-order valence-corrected chi connectivity index (χ3v) is 5.55. The summed E-state index contributed by atoms with van der Waals surface area (Å²) in [5.74, 6) is -0.0671. The predicted molar refractivity (Wildman–Crippen MR) is 132 cm³/mol. The van der Waals surface area contributed by atoms with Crippen molar-refractivity contribution in [2.45, 2.75) is 53.3 Å². The number of ether oxygens (including phenoxy) is 2. The van der Waals surface area contributed by atoms with Gasteiger partial charge in [-0.3, -0.25) is 4.90 Å². The number of nitrogens with zero attached hydrogens (tertiary/aromatic N) is 3. The second-order valence-corrected chi connectivity index (χ2v) is 9.40. The van der Waals surface area contributed by atoms with E-state index < -0.39 is 11.9 Å². The molecule has 0 radical (unpaired) electrons. The number of benzene rings is 2. The molecule has 1 N–H and O–H groups in total. The molecule has 0 amide bonds. The predicted octanol–water partition coefficient (Wildman–Crippen LogP) is 5.50. The molecule has 190 valence electrons. The molecule has 0 saturated heterocycles. The van der Waals surface area contributed by atoms with Crippen LogP contribution in [0.4, 0.5) is 8.78 Å². The molecule has 0 saturated carbocycles. The number of para-hydroxylation sites is 1. The van der Waals surface area contributed by atoms with Gasteiger partial charge in [0, 0.05) is 25.7 Å². The van der Waals surface area contributed by atoms with Crippen molar-refractivity contribution in [3.63, 3.8) is 0 Å². The standard InChI is InChI=1S/C27H35F2N3O3/c1-18(2)16-34-17-23(33)14-31(19(3)4)15-24-20(5)30-32(22-12-10-21(28)11-13-22)27(24)35-26-9-7-6-8-25(26)29/h6-13,18-19,23,33H,14-17H2,1-5H3. The van der Waals surface area contributed by atoms with Gasteiger partial charge in [-0.05, 0) is 63.1 Å². The fourth-order valence-corrected chi connectivity index (χ4v) is 3.64. The first-order valence-electron chi connectivity index (χ1n) is 11.9. The largest absolute Gasteiger partial charge is 0.435 e. The minimum atomic E-state index is -0.667. The first-order chi connectivity index (χ1) is 16.7. The molecule has 1 atom stereocenters. The highest BCUT2D eigenvalue weighted by molar-refractivity contribution is 5.43. The Bertz CT molecular complexity index is 1080. The van der Waals surface area contributed by atoms with E-state index in [9.17, 15) is 13.9 Å². The Morgan fingerprint density at radius 2 is 1.69 bits per heavy atom. The molecule has 0 aliphatic rings. The topological polar surface area (TPSA) is 59.8 Å². The number of hydrogen-bond donors (Lipinski definition) is 1. The van der Waals surface area contributed by atoms with Crippen molar-refractivity contribution in [3.05, 3.63) is 71.4 Å². The number of aryl methyl sites for hydroxylation is 1. The molecule has 0 bridgehead atoms. The van der Waals surface area contributed by atoms with Crippen LogP contribution in [0.25, 0.3) is 5.69 Å². The summed E-state index contributed by atoms with van der Waals surface area (Å²) in [5.41, 5.74) is 2.03. The lowest BCUT2D eigenvalue weighted by atomic mass is 10.2. The van der Waals surface area contributed by atoms with Gasteiger partial charge >= 0.3 is 0 Å². The van der Waals surface area contributed by atoms with Crippen LogP contribution in [0.15, 0.2) is 48.5 Å². The molecule has 0 aliphatic carbocycles. The molecule has 8 heteroatoms. The molecule has 0 fully saturated rings. The highest BCUT2D eigenvalue weighted by atomic mass is 19.1. The van der Waals surface area contributed by atoms with E-state index in [-0.39, 0.29) is 24.2 Å². The summed E-state index contributed by atoms with van der Waals surface area (Å²) < 4.78 is 41.3. The van der Waals surface area contributed by atoms with Gasteiger partial charge in [0.15, 0.2) is 11.6 Å². The summed E-state index contributed by atoms with van der Waals surface area (Å²) in [7, 11) is 0. The van der Waals surface area contributed by atoms with Crippen molar-refractivity contribution >= 4 is 0 Å². The Labute approximate surface area is 206 Å². The number of aliphatic hydroxyl groups is 1. The minimum absolute atomic E-state index is 0.0650. The van der Waals surface area contributed by atoms with Gasteiger partial charge in [-0.2, -0.15) is 5.10 Å². The maximum Gasteiger partial charge on any atom is 0.227 e. The fraction of sp³-hybridized carbons (Fsp3) is 0.444. The molecule has 0 aliphatic heterocycles. The van der Waals surface area contributed by atoms with Crippen LogP contribution in [-0.4, -0.2) is 51.7 Å². The quantitative estimate of drug-likeness (QED) is 0.366.